The molecule has 1 saturated heterocycles. The summed E-state index contributed by atoms with van der Waals surface area (Å²) in [5.74, 6) is 0.499. The van der Waals surface area contributed by atoms with Gasteiger partial charge in [0.15, 0.2) is 0 Å². The van der Waals surface area contributed by atoms with E-state index in [2.05, 4.69) is 15.3 Å². The molecular weight excluding hydrogens is 416 g/mol. The highest BCUT2D eigenvalue weighted by atomic mass is 16.5. The maximum Gasteiger partial charge on any atom is 0.277 e. The monoisotopic (exact) mass is 438 g/mol. The Morgan fingerprint density at radius 2 is 1.66 bits per heavy atom. The molecule has 0 radical (unpaired) electrons. The van der Waals surface area contributed by atoms with Crippen LogP contribution < -0.4 is 36.2 Å². The minimum Gasteiger partial charge on any atom is -0.492 e. The number of aromatic nitrogens is 2. The van der Waals surface area contributed by atoms with Crippen molar-refractivity contribution in [3.63, 3.8) is 0 Å². The zero-order chi connectivity index (χ0) is 22.5. The normalized spacial score (nSPS) is 13.8. The molecule has 0 saturated carbocycles. The summed E-state index contributed by atoms with van der Waals surface area (Å²) in [4.78, 5) is 47.7. The Labute approximate surface area is 182 Å². The van der Waals surface area contributed by atoms with Crippen LogP contribution in [-0.2, 0) is 0 Å². The highest BCUT2D eigenvalue weighted by Gasteiger charge is 2.29. The number of nitrogens with one attached hydrogen (secondary N) is 2. The van der Waals surface area contributed by atoms with Gasteiger partial charge in [-0.1, -0.05) is 18.2 Å². The molecule has 0 spiro atoms. The highest BCUT2D eigenvalue weighted by Crippen LogP contribution is 2.22. The van der Waals surface area contributed by atoms with Crippen molar-refractivity contribution in [3.8, 4) is 5.75 Å². The SMILES string of the molecule is O=C(NO)c1cnc(N2CCN(c3c(NCCOc4ccccc4)c(=O)c3=O)CC2)nc1. The second kappa shape index (κ2) is 9.43. The molecule has 0 aliphatic carbocycles. The number of piperazine rings is 1. The third-order valence-corrected chi connectivity index (χ3v) is 5.18. The fourth-order valence-corrected chi connectivity index (χ4v) is 3.50. The van der Waals surface area contributed by atoms with E-state index in [1.54, 1.807) is 0 Å². The molecule has 2 heterocycles. The van der Waals surface area contributed by atoms with Gasteiger partial charge in [0.2, 0.25) is 5.95 Å². The molecule has 1 amide bonds. The summed E-state index contributed by atoms with van der Waals surface area (Å²) in [6.07, 6.45) is 2.66. The Hall–Kier alpha value is -3.99. The molecule has 3 N–H and O–H groups in total. The number of carbonyl (C=O) groups is 1. The topological polar surface area (TPSA) is 137 Å². The predicted octanol–water partition coefficient (Wildman–Crippen LogP) is 0.00910. The van der Waals surface area contributed by atoms with Crippen molar-refractivity contribution in [3.05, 3.63) is 68.7 Å². The minimum absolute atomic E-state index is 0.144. The quantitative estimate of drug-likeness (QED) is 0.191. The van der Waals surface area contributed by atoms with Crippen LogP contribution >= 0.6 is 0 Å². The molecule has 1 fully saturated rings. The second-order valence-corrected chi connectivity index (χ2v) is 7.16. The Morgan fingerprint density at radius 3 is 2.31 bits per heavy atom. The van der Waals surface area contributed by atoms with E-state index in [-0.39, 0.29) is 5.56 Å². The van der Waals surface area contributed by atoms with Gasteiger partial charge in [-0.3, -0.25) is 19.6 Å². The van der Waals surface area contributed by atoms with E-state index >= 15 is 0 Å². The molecular formula is C21H22N6O5. The van der Waals surface area contributed by atoms with Gasteiger partial charge in [-0.2, -0.15) is 0 Å². The standard InChI is InChI=1S/C21H22N6O5/c28-18-16(22-6-11-32-15-4-2-1-3-5-15)17(19(18)29)26-7-9-27(10-8-26)21-23-12-14(13-24-21)20(30)25-31/h1-5,12-13,22,31H,6-11H2,(H,25,30). The number of para-hydroxylation sites is 1. The number of amides is 1. The molecule has 2 aromatic carbocycles. The number of nitrogens with zero attached hydrogens (tertiary/aromatic N) is 4. The van der Waals surface area contributed by atoms with Gasteiger partial charge in [0.25, 0.3) is 16.8 Å². The lowest BCUT2D eigenvalue weighted by molar-refractivity contribution is 0.0705. The van der Waals surface area contributed by atoms with Crippen LogP contribution in [0.1, 0.15) is 10.4 Å². The van der Waals surface area contributed by atoms with E-state index in [4.69, 9.17) is 9.94 Å². The van der Waals surface area contributed by atoms with Gasteiger partial charge < -0.3 is 19.9 Å². The van der Waals surface area contributed by atoms with Crippen molar-refractivity contribution in [2.24, 2.45) is 0 Å². The summed E-state index contributed by atoms with van der Waals surface area (Å²) in [6, 6.07) is 9.35. The Balaban J connectivity index is 1.32. The van der Waals surface area contributed by atoms with Crippen molar-refractivity contribution in [1.82, 2.24) is 15.4 Å². The third-order valence-electron chi connectivity index (χ3n) is 5.18. The van der Waals surface area contributed by atoms with Gasteiger partial charge in [-0.05, 0) is 12.1 Å². The molecule has 3 aromatic rings. The van der Waals surface area contributed by atoms with E-state index in [1.165, 1.54) is 17.9 Å². The van der Waals surface area contributed by atoms with Gasteiger partial charge in [0.05, 0.1) is 5.56 Å². The van der Waals surface area contributed by atoms with Crippen LogP contribution in [0.2, 0.25) is 0 Å². The van der Waals surface area contributed by atoms with Crippen LogP contribution in [-0.4, -0.2) is 60.4 Å². The molecule has 1 aliphatic rings. The molecule has 166 valence electrons. The van der Waals surface area contributed by atoms with Gasteiger partial charge in [-0.25, -0.2) is 15.4 Å². The smallest absolute Gasteiger partial charge is 0.277 e. The zero-order valence-corrected chi connectivity index (χ0v) is 17.2. The fourth-order valence-electron chi connectivity index (χ4n) is 3.50. The summed E-state index contributed by atoms with van der Waals surface area (Å²) in [7, 11) is 0. The summed E-state index contributed by atoms with van der Waals surface area (Å²) >= 11 is 0. The zero-order valence-electron chi connectivity index (χ0n) is 17.2. The van der Waals surface area contributed by atoms with E-state index in [1.807, 2.05) is 40.1 Å². The van der Waals surface area contributed by atoms with Crippen LogP contribution in [0.15, 0.2) is 52.3 Å². The molecule has 0 atom stereocenters. The van der Waals surface area contributed by atoms with Crippen molar-refractivity contribution >= 4 is 23.2 Å². The lowest BCUT2D eigenvalue weighted by Gasteiger charge is -2.37. The molecule has 32 heavy (non-hydrogen) atoms. The van der Waals surface area contributed by atoms with Crippen molar-refractivity contribution < 1.29 is 14.7 Å². The number of hydroxylamine groups is 1. The number of anilines is 3. The van der Waals surface area contributed by atoms with Gasteiger partial charge in [-0.15, -0.1) is 0 Å². The first kappa shape index (κ1) is 21.2. The Morgan fingerprint density at radius 1 is 1.00 bits per heavy atom. The number of carbonyl (C=O) groups excluding carboxylic acids is 1. The van der Waals surface area contributed by atoms with Crippen LogP contribution in [0.5, 0.6) is 5.75 Å². The Bertz CT molecular complexity index is 1140. The lowest BCUT2D eigenvalue weighted by Crippen LogP contribution is -2.52. The van der Waals surface area contributed by atoms with Crippen molar-refractivity contribution in [2.75, 3.05) is 54.4 Å². The van der Waals surface area contributed by atoms with Crippen LogP contribution in [0.3, 0.4) is 0 Å². The van der Waals surface area contributed by atoms with E-state index in [0.29, 0.717) is 56.7 Å². The highest BCUT2D eigenvalue weighted by molar-refractivity contribution is 5.92. The van der Waals surface area contributed by atoms with Crippen LogP contribution in [0.4, 0.5) is 17.3 Å². The molecule has 11 nitrogen and oxygen atoms in total. The van der Waals surface area contributed by atoms with Gasteiger partial charge >= 0.3 is 0 Å². The van der Waals surface area contributed by atoms with E-state index in [0.717, 1.165) is 5.75 Å². The van der Waals surface area contributed by atoms with E-state index < -0.39 is 16.8 Å². The summed E-state index contributed by atoms with van der Waals surface area (Å²) in [5.41, 5.74) is 1.42. The van der Waals surface area contributed by atoms with E-state index in [9.17, 15) is 14.4 Å². The summed E-state index contributed by atoms with van der Waals surface area (Å²) < 4.78 is 5.61. The van der Waals surface area contributed by atoms with Crippen LogP contribution in [0, 0.1) is 0 Å². The first-order valence-electron chi connectivity index (χ1n) is 10.1. The number of benzene rings is 1. The van der Waals surface area contributed by atoms with Crippen LogP contribution in [0.25, 0.3) is 0 Å². The lowest BCUT2D eigenvalue weighted by atomic mass is 10.1. The maximum atomic E-state index is 12.2. The number of ether oxygens (including phenoxy) is 1. The van der Waals surface area contributed by atoms with Crippen molar-refractivity contribution in [2.45, 2.75) is 0 Å². The molecule has 1 aromatic heterocycles. The second-order valence-electron chi connectivity index (χ2n) is 7.16. The summed E-state index contributed by atoms with van der Waals surface area (Å²) in [6.45, 7) is 2.87. The van der Waals surface area contributed by atoms with Gasteiger partial charge in [0.1, 0.15) is 23.7 Å². The Kier molecular flexibility index (Phi) is 6.26. The number of hydrogen-bond acceptors (Lipinski definition) is 10. The molecule has 4 rings (SSSR count). The summed E-state index contributed by atoms with van der Waals surface area (Å²) in [5, 5.41) is 11.7. The van der Waals surface area contributed by atoms with Gasteiger partial charge in [0, 0.05) is 45.1 Å². The fraction of sp³-hybridized carbons (Fsp3) is 0.286. The molecule has 11 heteroatoms. The minimum atomic E-state index is -0.685. The first-order chi connectivity index (χ1) is 15.6. The average molecular weight is 438 g/mol. The average Bonchev–Trinajstić information content (AvgIpc) is 2.86. The largest absolute Gasteiger partial charge is 0.492 e. The molecule has 0 bridgehead atoms. The number of rotatable bonds is 8. The third kappa shape index (κ3) is 4.37. The maximum absolute atomic E-state index is 12.2. The predicted molar refractivity (Wildman–Crippen MR) is 117 cm³/mol. The number of hydrogen-bond donors (Lipinski definition) is 3. The molecule has 1 aliphatic heterocycles. The first-order valence-corrected chi connectivity index (χ1v) is 10.1. The van der Waals surface area contributed by atoms with Crippen molar-refractivity contribution in [1.29, 1.82) is 0 Å². The molecule has 0 unspecified atom stereocenters.